The molecule has 3 aromatic rings. The number of pyridine rings is 2. The average molecular weight is 565 g/mol. The van der Waals surface area contributed by atoms with E-state index in [9.17, 15) is 9.59 Å². The summed E-state index contributed by atoms with van der Waals surface area (Å²) in [5, 5.41) is 4.24. The molecule has 0 radical (unpaired) electrons. The molecule has 11 heteroatoms. The highest BCUT2D eigenvalue weighted by Gasteiger charge is 2.30. The van der Waals surface area contributed by atoms with E-state index in [1.54, 1.807) is 23.8 Å². The lowest BCUT2D eigenvalue weighted by Gasteiger charge is -2.36. The highest BCUT2D eigenvalue weighted by Crippen LogP contribution is 2.37. The zero-order valence-corrected chi connectivity index (χ0v) is 22.9. The molecule has 0 bridgehead atoms. The summed E-state index contributed by atoms with van der Waals surface area (Å²) in [6.07, 6.45) is 6.39. The number of fused-ring (bicyclic) bond motifs is 1. The molecule has 1 N–H and O–H groups in total. The van der Waals surface area contributed by atoms with E-state index in [0.717, 1.165) is 37.4 Å². The Balaban J connectivity index is 1.12. The summed E-state index contributed by atoms with van der Waals surface area (Å²) in [6, 6.07) is 6.47. The Morgan fingerprint density at radius 2 is 1.98 bits per heavy atom. The van der Waals surface area contributed by atoms with Gasteiger partial charge in [-0.15, -0.1) is 0 Å². The van der Waals surface area contributed by atoms with Crippen molar-refractivity contribution in [3.8, 4) is 17.2 Å². The second-order valence-corrected chi connectivity index (χ2v) is 10.4. The van der Waals surface area contributed by atoms with Gasteiger partial charge < -0.3 is 29.2 Å². The van der Waals surface area contributed by atoms with Crippen molar-refractivity contribution in [2.75, 3.05) is 46.1 Å². The number of esters is 1. The number of benzene rings is 1. The predicted molar refractivity (Wildman–Crippen MR) is 150 cm³/mol. The Morgan fingerprint density at radius 1 is 1.17 bits per heavy atom. The molecule has 0 saturated carbocycles. The van der Waals surface area contributed by atoms with E-state index in [0.29, 0.717) is 54.6 Å². The van der Waals surface area contributed by atoms with Gasteiger partial charge in [0.2, 0.25) is 0 Å². The standard InChI is InChI=1S/C30H33FN4O6/c1-2-38-28(37)6-3-19-13-24(31)30-29-23(19)4-5-27(36)35(29)22(18-41-30)17-34-9-7-20(8-10-34)32-15-21-14-25-26(16-33-21)40-12-11-39-25/h3-6,13-14,16,20,22,32H,2,7-12,15,17-18H2,1H3/t22-/m1/s1. The number of ether oxygens (including phenoxy) is 4. The van der Waals surface area contributed by atoms with Crippen LogP contribution in [0.4, 0.5) is 4.39 Å². The fourth-order valence-corrected chi connectivity index (χ4v) is 5.74. The van der Waals surface area contributed by atoms with Crippen LogP contribution < -0.4 is 25.1 Å². The van der Waals surface area contributed by atoms with E-state index in [1.807, 2.05) is 6.07 Å². The highest BCUT2D eigenvalue weighted by atomic mass is 19.1. The van der Waals surface area contributed by atoms with Crippen LogP contribution in [-0.2, 0) is 16.1 Å². The van der Waals surface area contributed by atoms with Crippen molar-refractivity contribution in [3.05, 3.63) is 64.0 Å². The second kappa shape index (κ2) is 11.9. The Morgan fingerprint density at radius 3 is 2.78 bits per heavy atom. The van der Waals surface area contributed by atoms with Gasteiger partial charge in [0.05, 0.1) is 30.1 Å². The topological polar surface area (TPSA) is 104 Å². The van der Waals surface area contributed by atoms with Crippen LogP contribution in [0, 0.1) is 5.82 Å². The van der Waals surface area contributed by atoms with Crippen LogP contribution in [0.3, 0.4) is 0 Å². The molecule has 216 valence electrons. The lowest BCUT2D eigenvalue weighted by molar-refractivity contribution is -0.137. The summed E-state index contributed by atoms with van der Waals surface area (Å²) < 4.78 is 38.8. The molecular weight excluding hydrogens is 531 g/mol. The SMILES string of the molecule is CCOC(=O)C=Cc1cc(F)c2c3c1ccc(=O)n3[C@H](CN1CCC(NCc3cc4c(cn3)OCCO4)CC1)CO2. The Kier molecular flexibility index (Phi) is 7.89. The van der Waals surface area contributed by atoms with Gasteiger partial charge in [0.15, 0.2) is 23.1 Å². The number of hydrogen-bond donors (Lipinski definition) is 1. The van der Waals surface area contributed by atoms with Gasteiger partial charge in [-0.3, -0.25) is 14.3 Å². The first-order valence-corrected chi connectivity index (χ1v) is 14.1. The Bertz CT molecular complexity index is 1530. The van der Waals surface area contributed by atoms with Gasteiger partial charge in [0, 0.05) is 42.7 Å². The van der Waals surface area contributed by atoms with E-state index < -0.39 is 11.8 Å². The van der Waals surface area contributed by atoms with Crippen LogP contribution in [0.1, 0.15) is 37.1 Å². The summed E-state index contributed by atoms with van der Waals surface area (Å²) in [7, 11) is 0. The van der Waals surface area contributed by atoms with Crippen molar-refractivity contribution in [3.63, 3.8) is 0 Å². The quantitative estimate of drug-likeness (QED) is 0.327. The normalized spacial score (nSPS) is 18.9. The summed E-state index contributed by atoms with van der Waals surface area (Å²) in [5.74, 6) is 0.405. The maximum atomic E-state index is 15.1. The molecule has 3 aliphatic rings. The molecular formula is C30H33FN4O6. The monoisotopic (exact) mass is 564 g/mol. The van der Waals surface area contributed by atoms with Crippen LogP contribution in [0.2, 0.25) is 0 Å². The number of nitrogens with one attached hydrogen (secondary N) is 1. The summed E-state index contributed by atoms with van der Waals surface area (Å²) >= 11 is 0. The largest absolute Gasteiger partial charge is 0.486 e. The third-order valence-electron chi connectivity index (χ3n) is 7.74. The van der Waals surface area contributed by atoms with E-state index in [2.05, 4.69) is 15.2 Å². The minimum absolute atomic E-state index is 0.0675. The zero-order valence-electron chi connectivity index (χ0n) is 22.9. The van der Waals surface area contributed by atoms with E-state index in [4.69, 9.17) is 18.9 Å². The minimum atomic E-state index is -0.571. The highest BCUT2D eigenvalue weighted by molar-refractivity contribution is 5.96. The molecule has 0 amide bonds. The van der Waals surface area contributed by atoms with Crippen LogP contribution in [0.5, 0.6) is 17.2 Å². The number of piperidine rings is 1. The number of carbonyl (C=O) groups is 1. The van der Waals surface area contributed by atoms with Gasteiger partial charge in [-0.25, -0.2) is 9.18 Å². The number of aromatic nitrogens is 2. The van der Waals surface area contributed by atoms with Crippen LogP contribution in [-0.4, -0.2) is 72.5 Å². The molecule has 1 atom stereocenters. The number of halogens is 1. The molecule has 1 fully saturated rings. The molecule has 1 aromatic carbocycles. The minimum Gasteiger partial charge on any atom is -0.486 e. The molecule has 6 rings (SSSR count). The van der Waals surface area contributed by atoms with Crippen molar-refractivity contribution >= 4 is 22.9 Å². The van der Waals surface area contributed by atoms with Gasteiger partial charge in [-0.1, -0.05) is 0 Å². The summed E-state index contributed by atoms with van der Waals surface area (Å²) in [6.45, 7) is 6.23. The Hall–Kier alpha value is -3.96. The van der Waals surface area contributed by atoms with Crippen LogP contribution in [0.15, 0.2) is 41.3 Å². The first kappa shape index (κ1) is 27.2. The number of rotatable bonds is 8. The molecule has 0 spiro atoms. The van der Waals surface area contributed by atoms with Gasteiger partial charge in [-0.2, -0.15) is 0 Å². The third-order valence-corrected chi connectivity index (χ3v) is 7.74. The zero-order chi connectivity index (χ0) is 28.3. The fourth-order valence-electron chi connectivity index (χ4n) is 5.74. The summed E-state index contributed by atoms with van der Waals surface area (Å²) in [5.41, 5.74) is 1.60. The molecule has 0 unspecified atom stereocenters. The lowest BCUT2D eigenvalue weighted by atomic mass is 10.0. The van der Waals surface area contributed by atoms with E-state index >= 15 is 4.39 Å². The van der Waals surface area contributed by atoms with Crippen molar-refractivity contribution in [2.45, 2.75) is 38.4 Å². The van der Waals surface area contributed by atoms with Crippen LogP contribution >= 0.6 is 0 Å². The molecule has 0 aliphatic carbocycles. The number of carbonyl (C=O) groups excluding carboxylic acids is 1. The number of nitrogens with zero attached hydrogens (tertiary/aromatic N) is 3. The van der Waals surface area contributed by atoms with Gasteiger partial charge in [-0.05, 0) is 56.6 Å². The predicted octanol–water partition coefficient (Wildman–Crippen LogP) is 3.07. The second-order valence-electron chi connectivity index (χ2n) is 10.4. The van der Waals surface area contributed by atoms with Gasteiger partial charge >= 0.3 is 5.97 Å². The van der Waals surface area contributed by atoms with Gasteiger partial charge in [0.1, 0.15) is 19.8 Å². The fraction of sp³-hybridized carbons (Fsp3) is 0.433. The molecule has 41 heavy (non-hydrogen) atoms. The number of hydrogen-bond acceptors (Lipinski definition) is 9. The third kappa shape index (κ3) is 5.77. The van der Waals surface area contributed by atoms with Crippen molar-refractivity contribution in [1.29, 1.82) is 0 Å². The maximum Gasteiger partial charge on any atom is 0.330 e. The molecule has 1 saturated heterocycles. The van der Waals surface area contributed by atoms with Crippen molar-refractivity contribution in [2.24, 2.45) is 0 Å². The molecule has 5 heterocycles. The van der Waals surface area contributed by atoms with Crippen molar-refractivity contribution in [1.82, 2.24) is 19.8 Å². The lowest BCUT2D eigenvalue weighted by Crippen LogP contribution is -2.46. The first-order valence-electron chi connectivity index (χ1n) is 14.1. The summed E-state index contributed by atoms with van der Waals surface area (Å²) in [4.78, 5) is 31.7. The molecule has 3 aliphatic heterocycles. The average Bonchev–Trinajstić information content (AvgIpc) is 2.99. The van der Waals surface area contributed by atoms with Crippen LogP contribution in [0.25, 0.3) is 17.0 Å². The van der Waals surface area contributed by atoms with Crippen molar-refractivity contribution < 1.29 is 28.1 Å². The van der Waals surface area contributed by atoms with E-state index in [-0.39, 0.29) is 30.6 Å². The maximum absolute atomic E-state index is 15.1. The number of likely N-dealkylation sites (tertiary alicyclic amines) is 1. The molecule has 2 aromatic heterocycles. The van der Waals surface area contributed by atoms with E-state index in [1.165, 1.54) is 24.3 Å². The van der Waals surface area contributed by atoms with Gasteiger partial charge in [0.25, 0.3) is 5.56 Å². The Labute approximate surface area is 236 Å². The molecule has 10 nitrogen and oxygen atoms in total. The first-order chi connectivity index (χ1) is 20.0. The smallest absolute Gasteiger partial charge is 0.330 e.